The van der Waals surface area contributed by atoms with Crippen LogP contribution in [0.1, 0.15) is 79.1 Å². The van der Waals surface area contributed by atoms with E-state index in [2.05, 4.69) is 20.3 Å². The van der Waals surface area contributed by atoms with Gasteiger partial charge in [-0.3, -0.25) is 24.1 Å². The van der Waals surface area contributed by atoms with E-state index in [0.29, 0.717) is 49.4 Å². The minimum atomic E-state index is -3.98. The second-order valence-corrected chi connectivity index (χ2v) is 18.1. The van der Waals surface area contributed by atoms with Crippen molar-refractivity contribution >= 4 is 44.7 Å². The number of benzene rings is 1. The highest BCUT2D eigenvalue weighted by Gasteiger charge is 2.62. The van der Waals surface area contributed by atoms with Crippen LogP contribution in [0.2, 0.25) is 0 Å². The van der Waals surface area contributed by atoms with Gasteiger partial charge in [0.15, 0.2) is 17.2 Å². The smallest absolute Gasteiger partial charge is 0.408 e. The number of carbonyl (C=O) groups excluding carboxylic acids is 4. The molecule has 7 atom stereocenters. The van der Waals surface area contributed by atoms with Crippen molar-refractivity contribution in [3.8, 4) is 11.5 Å². The summed E-state index contributed by atoms with van der Waals surface area (Å²) in [5, 5.41) is 4.94. The van der Waals surface area contributed by atoms with Crippen LogP contribution in [0.25, 0.3) is 10.9 Å². The molecule has 18 heteroatoms. The topological polar surface area (TPSA) is 182 Å². The molecule has 4 aliphatic rings. The second kappa shape index (κ2) is 16.3. The quantitative estimate of drug-likeness (QED) is 0.283. The van der Waals surface area contributed by atoms with Crippen molar-refractivity contribution < 1.29 is 55.0 Å². The van der Waals surface area contributed by atoms with Gasteiger partial charge in [-0.15, -0.1) is 0 Å². The molecule has 0 bridgehead atoms. The van der Waals surface area contributed by atoms with E-state index >= 15 is 0 Å². The number of sulfonamides is 1. The molecular formula is C39H50F3N5O9S. The zero-order chi connectivity index (χ0) is 41.4. The number of carbonyl (C=O) groups is 4. The van der Waals surface area contributed by atoms with Crippen LogP contribution < -0.4 is 24.8 Å². The maximum absolute atomic E-state index is 14.9. The van der Waals surface area contributed by atoms with Gasteiger partial charge in [0.1, 0.15) is 29.5 Å². The van der Waals surface area contributed by atoms with Gasteiger partial charge in [-0.25, -0.2) is 26.4 Å². The maximum atomic E-state index is 14.9. The first-order valence-corrected chi connectivity index (χ1v) is 20.9. The Hall–Kier alpha value is -4.61. The van der Waals surface area contributed by atoms with Gasteiger partial charge in [0.25, 0.3) is 12.3 Å². The predicted molar refractivity (Wildman–Crippen MR) is 201 cm³/mol. The minimum Gasteiger partial charge on any atom is -0.494 e. The van der Waals surface area contributed by atoms with Gasteiger partial charge in [-0.05, 0) is 76.3 Å². The predicted octanol–water partition coefficient (Wildman–Crippen LogP) is 4.76. The van der Waals surface area contributed by atoms with Crippen molar-refractivity contribution in [3.63, 3.8) is 0 Å². The van der Waals surface area contributed by atoms with E-state index in [4.69, 9.17) is 14.2 Å². The molecule has 3 N–H and O–H groups in total. The fourth-order valence-electron chi connectivity index (χ4n) is 7.72. The van der Waals surface area contributed by atoms with Crippen molar-refractivity contribution in [3.05, 3.63) is 42.4 Å². The SMILES string of the molecule is CC[C@@H]1C[C@H](C)CC/C=C\[C@@H]2C[C@@]2(C(=O)NS(=O)(=O)C2CC2)NC(=O)[C@@H]2C[C@@H](Oc3ccnc4cc(OC)c(F)cc34)CN2C(=O)[C@H]1NC(=O)OC(C)(C)C(F)F. The van der Waals surface area contributed by atoms with E-state index in [0.717, 1.165) is 13.8 Å². The second-order valence-electron chi connectivity index (χ2n) is 16.2. The number of ether oxygens (including phenoxy) is 3. The molecule has 2 saturated carbocycles. The third kappa shape index (κ3) is 9.10. The Morgan fingerprint density at radius 1 is 1.14 bits per heavy atom. The van der Waals surface area contributed by atoms with E-state index in [1.807, 2.05) is 19.9 Å². The van der Waals surface area contributed by atoms with E-state index in [9.17, 15) is 40.8 Å². The van der Waals surface area contributed by atoms with Crippen molar-refractivity contribution in [1.29, 1.82) is 0 Å². The lowest BCUT2D eigenvalue weighted by Gasteiger charge is -2.34. The van der Waals surface area contributed by atoms with Crippen molar-refractivity contribution in [2.45, 2.75) is 120 Å². The Kier molecular flexibility index (Phi) is 12.0. The molecule has 57 heavy (non-hydrogen) atoms. The van der Waals surface area contributed by atoms with Crippen LogP contribution in [0.4, 0.5) is 18.0 Å². The van der Waals surface area contributed by atoms with Gasteiger partial charge in [0.05, 0.1) is 24.4 Å². The van der Waals surface area contributed by atoms with Gasteiger partial charge >= 0.3 is 6.09 Å². The zero-order valence-corrected chi connectivity index (χ0v) is 33.4. The molecule has 3 heterocycles. The van der Waals surface area contributed by atoms with Gasteiger partial charge in [0.2, 0.25) is 21.8 Å². The standard InChI is InChI=1S/C39H50F3N5O9S/c1-6-22-15-21(2)9-7-8-10-23-19-39(23,36(50)46-57(52,53)25-11-12-25)45-33(48)29-16-24(55-30-13-14-43-28-18-31(54-5)27(40)17-26(28)30)20-47(29)34(49)32(22)44-37(51)56-38(3,4)35(41)42/h8,10,13-14,17-18,21-25,29,32,35H,6-7,9,11-12,15-16,19-20H2,1-5H3,(H,44,51)(H,45,48)(H,46,50)/b10-8-/t21-,22-,23-,24-,29+,32+,39-/m1/s1. The lowest BCUT2D eigenvalue weighted by Crippen LogP contribution is -2.59. The molecule has 4 amide bonds. The Labute approximate surface area is 329 Å². The monoisotopic (exact) mass is 821 g/mol. The molecule has 6 rings (SSSR count). The summed E-state index contributed by atoms with van der Waals surface area (Å²) in [6.07, 6.45) is 2.84. The van der Waals surface area contributed by atoms with Gasteiger partial charge < -0.3 is 29.7 Å². The number of fused-ring (bicyclic) bond motifs is 3. The number of alkyl halides is 2. The number of halogens is 3. The first-order valence-electron chi connectivity index (χ1n) is 19.3. The van der Waals surface area contributed by atoms with Crippen LogP contribution in [0.3, 0.4) is 0 Å². The molecule has 2 aromatic rings. The third-order valence-electron chi connectivity index (χ3n) is 11.4. The van der Waals surface area contributed by atoms with E-state index < -0.39 is 92.5 Å². The number of aromatic nitrogens is 1. The van der Waals surface area contributed by atoms with E-state index in [1.54, 1.807) is 6.08 Å². The molecule has 2 aliphatic heterocycles. The van der Waals surface area contributed by atoms with Crippen LogP contribution in [0, 0.1) is 23.6 Å². The van der Waals surface area contributed by atoms with Crippen molar-refractivity contribution in [2.75, 3.05) is 13.7 Å². The number of alkyl carbamates (subject to hydrolysis) is 1. The molecule has 2 aliphatic carbocycles. The number of amides is 4. The van der Waals surface area contributed by atoms with E-state index in [-0.39, 0.29) is 36.8 Å². The molecule has 0 spiro atoms. The summed E-state index contributed by atoms with van der Waals surface area (Å²) in [5.41, 5.74) is -3.45. The number of nitrogens with one attached hydrogen (secondary N) is 3. The Bertz CT molecular complexity index is 2030. The molecule has 14 nitrogen and oxygen atoms in total. The highest BCUT2D eigenvalue weighted by molar-refractivity contribution is 7.91. The highest BCUT2D eigenvalue weighted by atomic mass is 32.2. The van der Waals surface area contributed by atoms with Gasteiger partial charge in [-0.2, -0.15) is 0 Å². The average molecular weight is 822 g/mol. The number of pyridine rings is 1. The first kappa shape index (κ1) is 42.0. The third-order valence-corrected chi connectivity index (χ3v) is 13.2. The van der Waals surface area contributed by atoms with E-state index in [1.165, 1.54) is 36.4 Å². The highest BCUT2D eigenvalue weighted by Crippen LogP contribution is 2.46. The summed E-state index contributed by atoms with van der Waals surface area (Å²) < 4.78 is 86.8. The lowest BCUT2D eigenvalue weighted by atomic mass is 9.85. The summed E-state index contributed by atoms with van der Waals surface area (Å²) in [6.45, 7) is 5.69. The van der Waals surface area contributed by atoms with Crippen LogP contribution in [-0.4, -0.2) is 96.8 Å². The van der Waals surface area contributed by atoms with Gasteiger partial charge in [-0.1, -0.05) is 32.4 Å². The fourth-order valence-corrected chi connectivity index (χ4v) is 9.08. The molecule has 1 aromatic heterocycles. The maximum Gasteiger partial charge on any atom is 0.408 e. The lowest BCUT2D eigenvalue weighted by molar-refractivity contribution is -0.142. The number of rotatable bonds is 10. The molecule has 3 fully saturated rings. The van der Waals surface area contributed by atoms with Crippen LogP contribution in [0.15, 0.2) is 36.5 Å². The van der Waals surface area contributed by atoms with Crippen molar-refractivity contribution in [2.24, 2.45) is 17.8 Å². The number of hydrogen-bond donors (Lipinski definition) is 3. The number of allylic oxidation sites excluding steroid dienone is 1. The molecule has 0 unspecified atom stereocenters. The molecule has 0 radical (unpaired) electrons. The molecular weight excluding hydrogens is 772 g/mol. The molecule has 312 valence electrons. The van der Waals surface area contributed by atoms with Crippen LogP contribution >= 0.6 is 0 Å². The minimum absolute atomic E-state index is 0.00972. The summed E-state index contributed by atoms with van der Waals surface area (Å²) in [6, 6.07) is 1.47. The van der Waals surface area contributed by atoms with Crippen LogP contribution in [-0.2, 0) is 29.1 Å². The summed E-state index contributed by atoms with van der Waals surface area (Å²) >= 11 is 0. The summed E-state index contributed by atoms with van der Waals surface area (Å²) in [4.78, 5) is 61.8. The normalized spacial score (nSPS) is 29.0. The Morgan fingerprint density at radius 2 is 1.88 bits per heavy atom. The van der Waals surface area contributed by atoms with Crippen molar-refractivity contribution in [1.82, 2.24) is 25.2 Å². The number of nitrogens with zero attached hydrogens (tertiary/aromatic N) is 2. The first-order chi connectivity index (χ1) is 26.9. The average Bonchev–Trinajstić information content (AvgIpc) is 4.07. The number of hydrogen-bond acceptors (Lipinski definition) is 10. The molecule has 1 aromatic carbocycles. The Balaban J connectivity index is 1.37. The van der Waals surface area contributed by atoms with Gasteiger partial charge in [0, 0.05) is 30.0 Å². The fraction of sp³-hybridized carbons (Fsp3) is 0.615. The summed E-state index contributed by atoms with van der Waals surface area (Å²) in [5.74, 6) is -3.91. The summed E-state index contributed by atoms with van der Waals surface area (Å²) in [7, 11) is -2.66. The Morgan fingerprint density at radius 3 is 2.54 bits per heavy atom. The van der Waals surface area contributed by atoms with Crippen LogP contribution in [0.5, 0.6) is 11.5 Å². The zero-order valence-electron chi connectivity index (χ0n) is 32.6. The number of methoxy groups -OCH3 is 1. The largest absolute Gasteiger partial charge is 0.494 e. The molecule has 1 saturated heterocycles.